The van der Waals surface area contributed by atoms with E-state index in [0.717, 1.165) is 0 Å². The molecule has 0 spiro atoms. The molecule has 19 heavy (non-hydrogen) atoms. The van der Waals surface area contributed by atoms with Gasteiger partial charge in [0.25, 0.3) is 0 Å². The highest BCUT2D eigenvalue weighted by Crippen LogP contribution is 2.28. The van der Waals surface area contributed by atoms with E-state index in [2.05, 4.69) is 0 Å². The number of nitrogens with two attached hydrogens (primary N) is 1. The van der Waals surface area contributed by atoms with Gasteiger partial charge >= 0.3 is 6.09 Å². The highest BCUT2D eigenvalue weighted by molar-refractivity contribution is 5.86. The maximum absolute atomic E-state index is 13.7. The second kappa shape index (κ2) is 5.82. The van der Waals surface area contributed by atoms with Gasteiger partial charge in [-0.1, -0.05) is 39.0 Å². The molecule has 2 N–H and O–H groups in total. The number of hydrogen-bond donors (Lipinski definition) is 1. The van der Waals surface area contributed by atoms with Crippen molar-refractivity contribution < 1.29 is 18.7 Å². The first-order valence-corrected chi connectivity index (χ1v) is 5.94. The van der Waals surface area contributed by atoms with E-state index in [1.165, 1.54) is 18.2 Å². The van der Waals surface area contributed by atoms with Crippen LogP contribution in [0.15, 0.2) is 24.3 Å². The lowest BCUT2D eigenvalue weighted by Gasteiger charge is -2.22. The molecule has 0 aromatic heterocycles. The number of carbonyl (C=O) groups excluding carboxylic acids is 2. The third-order valence-electron chi connectivity index (χ3n) is 2.42. The Morgan fingerprint density at radius 1 is 1.32 bits per heavy atom. The molecule has 0 saturated heterocycles. The van der Waals surface area contributed by atoms with Gasteiger partial charge in [-0.25, -0.2) is 9.18 Å². The number of carbonyl (C=O) groups is 2. The zero-order valence-electron chi connectivity index (χ0n) is 11.3. The molecule has 4 nitrogen and oxygen atoms in total. The fourth-order valence-corrected chi connectivity index (χ4v) is 1.72. The van der Waals surface area contributed by atoms with Crippen molar-refractivity contribution in [3.8, 4) is 0 Å². The van der Waals surface area contributed by atoms with E-state index < -0.39 is 18.0 Å². The van der Waals surface area contributed by atoms with Gasteiger partial charge in [0.15, 0.2) is 11.9 Å². The summed E-state index contributed by atoms with van der Waals surface area (Å²) in [6.07, 6.45) is -2.24. The number of ketones is 1. The molecule has 1 atom stereocenters. The highest BCUT2D eigenvalue weighted by atomic mass is 19.1. The molecule has 0 radical (unpaired) electrons. The molecular weight excluding hydrogens is 249 g/mol. The molecular formula is C14H18FNO3. The Morgan fingerprint density at radius 3 is 2.37 bits per heavy atom. The van der Waals surface area contributed by atoms with E-state index in [1.807, 2.05) is 20.8 Å². The van der Waals surface area contributed by atoms with E-state index in [1.54, 1.807) is 6.07 Å². The molecule has 0 aliphatic rings. The van der Waals surface area contributed by atoms with Crippen LogP contribution in [0.1, 0.15) is 38.9 Å². The molecule has 1 rings (SSSR count). The van der Waals surface area contributed by atoms with E-state index >= 15 is 0 Å². The van der Waals surface area contributed by atoms with Gasteiger partial charge in [-0.15, -0.1) is 0 Å². The van der Waals surface area contributed by atoms with E-state index in [0.29, 0.717) is 0 Å². The smallest absolute Gasteiger partial charge is 0.405 e. The third-order valence-corrected chi connectivity index (χ3v) is 2.42. The van der Waals surface area contributed by atoms with Crippen LogP contribution in [0, 0.1) is 11.2 Å². The lowest BCUT2D eigenvalue weighted by Crippen LogP contribution is -2.27. The first-order valence-electron chi connectivity index (χ1n) is 5.94. The second-order valence-electron chi connectivity index (χ2n) is 5.54. The quantitative estimate of drug-likeness (QED) is 0.911. The summed E-state index contributed by atoms with van der Waals surface area (Å²) in [6.45, 7) is 5.61. The van der Waals surface area contributed by atoms with Crippen molar-refractivity contribution in [2.45, 2.75) is 33.3 Å². The van der Waals surface area contributed by atoms with Crippen LogP contribution < -0.4 is 5.73 Å². The van der Waals surface area contributed by atoms with Gasteiger partial charge in [-0.05, 0) is 11.5 Å². The monoisotopic (exact) mass is 267 g/mol. The van der Waals surface area contributed by atoms with Gasteiger partial charge in [-0.3, -0.25) is 4.79 Å². The van der Waals surface area contributed by atoms with Crippen LogP contribution in [0.4, 0.5) is 9.18 Å². The molecule has 0 saturated carbocycles. The molecule has 1 aromatic carbocycles. The largest absolute Gasteiger partial charge is 0.433 e. The van der Waals surface area contributed by atoms with Crippen molar-refractivity contribution in [1.82, 2.24) is 0 Å². The summed E-state index contributed by atoms with van der Waals surface area (Å²) in [7, 11) is 0. The minimum absolute atomic E-state index is 0.0237. The Balaban J connectivity index is 3.05. The fraction of sp³-hybridized carbons (Fsp3) is 0.429. The standard InChI is InChI=1S/C14H18FNO3/c1-14(2,3)8-11(17)12(19-13(16)18)9-6-4-5-7-10(9)15/h4-7,12H,8H2,1-3H3,(H2,16,18). The maximum atomic E-state index is 13.7. The Labute approximate surface area is 111 Å². The Bertz CT molecular complexity index is 480. The SMILES string of the molecule is CC(C)(C)CC(=O)C(OC(N)=O)c1ccccc1F. The molecule has 0 fully saturated rings. The number of ether oxygens (including phenoxy) is 1. The highest BCUT2D eigenvalue weighted by Gasteiger charge is 2.29. The van der Waals surface area contributed by atoms with Crippen molar-refractivity contribution in [2.24, 2.45) is 11.1 Å². The number of primary amides is 1. The van der Waals surface area contributed by atoms with Gasteiger partial charge in [0, 0.05) is 12.0 Å². The topological polar surface area (TPSA) is 69.4 Å². The normalized spacial score (nSPS) is 12.8. The van der Waals surface area contributed by atoms with Crippen molar-refractivity contribution in [3.05, 3.63) is 35.6 Å². The number of benzene rings is 1. The van der Waals surface area contributed by atoms with Gasteiger partial charge in [0.05, 0.1) is 0 Å². The van der Waals surface area contributed by atoms with Gasteiger partial charge < -0.3 is 10.5 Å². The number of hydrogen-bond acceptors (Lipinski definition) is 3. The summed E-state index contributed by atoms with van der Waals surface area (Å²) in [6, 6.07) is 5.68. The zero-order chi connectivity index (χ0) is 14.6. The Hall–Kier alpha value is -1.91. The zero-order valence-corrected chi connectivity index (χ0v) is 11.3. The molecule has 5 heteroatoms. The van der Waals surface area contributed by atoms with Crippen molar-refractivity contribution in [1.29, 1.82) is 0 Å². The number of amides is 1. The average molecular weight is 267 g/mol. The summed E-state index contributed by atoms with van der Waals surface area (Å²) in [5, 5.41) is 0. The molecule has 0 aliphatic heterocycles. The van der Waals surface area contributed by atoms with Gasteiger partial charge in [-0.2, -0.15) is 0 Å². The predicted octanol–water partition coefficient (Wildman–Crippen LogP) is 2.97. The van der Waals surface area contributed by atoms with Crippen LogP contribution >= 0.6 is 0 Å². The number of halogens is 1. The average Bonchev–Trinajstić information content (AvgIpc) is 2.24. The van der Waals surface area contributed by atoms with Crippen LogP contribution in [0.5, 0.6) is 0 Å². The van der Waals surface area contributed by atoms with E-state index in [4.69, 9.17) is 10.5 Å². The van der Waals surface area contributed by atoms with Crippen LogP contribution in [-0.2, 0) is 9.53 Å². The summed E-state index contributed by atoms with van der Waals surface area (Å²) >= 11 is 0. The Kier molecular flexibility index (Phi) is 4.64. The number of Topliss-reactive ketones (excluding diaryl/α,β-unsaturated/α-hetero) is 1. The van der Waals surface area contributed by atoms with Crippen LogP contribution in [0.25, 0.3) is 0 Å². The molecule has 0 aliphatic carbocycles. The minimum Gasteiger partial charge on any atom is -0.433 e. The molecule has 1 amide bonds. The van der Waals surface area contributed by atoms with Crippen molar-refractivity contribution in [3.63, 3.8) is 0 Å². The van der Waals surface area contributed by atoms with Crippen molar-refractivity contribution in [2.75, 3.05) is 0 Å². The fourth-order valence-electron chi connectivity index (χ4n) is 1.72. The molecule has 0 heterocycles. The van der Waals surface area contributed by atoms with Gasteiger partial charge in [0.1, 0.15) is 5.82 Å². The summed E-state index contributed by atoms with van der Waals surface area (Å²) in [5.74, 6) is -0.979. The number of rotatable bonds is 4. The molecule has 1 aromatic rings. The lowest BCUT2D eigenvalue weighted by molar-refractivity contribution is -0.129. The predicted molar refractivity (Wildman–Crippen MR) is 68.9 cm³/mol. The van der Waals surface area contributed by atoms with Crippen LogP contribution in [0.3, 0.4) is 0 Å². The molecule has 104 valence electrons. The van der Waals surface area contributed by atoms with E-state index in [9.17, 15) is 14.0 Å². The summed E-state index contributed by atoms with van der Waals surface area (Å²) in [5.41, 5.74) is 4.68. The maximum Gasteiger partial charge on any atom is 0.405 e. The molecule has 1 unspecified atom stereocenters. The van der Waals surface area contributed by atoms with Gasteiger partial charge in [0.2, 0.25) is 0 Å². The van der Waals surface area contributed by atoms with Crippen LogP contribution in [0.2, 0.25) is 0 Å². The lowest BCUT2D eigenvalue weighted by atomic mass is 9.87. The van der Waals surface area contributed by atoms with Crippen molar-refractivity contribution >= 4 is 11.9 Å². The van der Waals surface area contributed by atoms with Crippen LogP contribution in [-0.4, -0.2) is 11.9 Å². The van der Waals surface area contributed by atoms with E-state index in [-0.39, 0.29) is 23.2 Å². The first-order chi connectivity index (χ1) is 8.70. The molecule has 0 bridgehead atoms. The third kappa shape index (κ3) is 4.69. The minimum atomic E-state index is -1.29. The second-order valence-corrected chi connectivity index (χ2v) is 5.54. The first kappa shape index (κ1) is 15.1. The summed E-state index contributed by atoms with van der Waals surface area (Å²) in [4.78, 5) is 23.0. The Morgan fingerprint density at radius 2 is 1.89 bits per heavy atom. The summed E-state index contributed by atoms with van der Waals surface area (Å²) < 4.78 is 18.5.